The van der Waals surface area contributed by atoms with E-state index in [9.17, 15) is 0 Å². The predicted octanol–water partition coefficient (Wildman–Crippen LogP) is 3.45. The normalized spacial score (nSPS) is 37.8. The Hall–Kier alpha value is -0.770. The molecule has 104 valence electrons. The maximum Gasteiger partial charge on any atom is 0.125 e. The number of hydrogen-bond acceptors (Lipinski definition) is 3. The molecular weight excluding hydrogens is 262 g/mol. The lowest BCUT2D eigenvalue weighted by atomic mass is 9.79. The summed E-state index contributed by atoms with van der Waals surface area (Å²) in [5, 5.41) is 0.711. The SMILES string of the molecule is CC1CC2(CC(C)O1)CC(N)c1cc(Cl)ccc1O2. The second-order valence-corrected chi connectivity index (χ2v) is 6.38. The van der Waals surface area contributed by atoms with Crippen LogP contribution < -0.4 is 10.5 Å². The lowest BCUT2D eigenvalue weighted by molar-refractivity contribution is -0.129. The number of benzene rings is 1. The van der Waals surface area contributed by atoms with Crippen LogP contribution in [0.15, 0.2) is 18.2 Å². The van der Waals surface area contributed by atoms with Crippen LogP contribution in [0.5, 0.6) is 5.75 Å². The minimum absolute atomic E-state index is 0.0139. The lowest BCUT2D eigenvalue weighted by Crippen LogP contribution is -2.51. The van der Waals surface area contributed by atoms with Gasteiger partial charge in [-0.2, -0.15) is 0 Å². The van der Waals surface area contributed by atoms with Crippen molar-refractivity contribution in [1.82, 2.24) is 0 Å². The summed E-state index contributed by atoms with van der Waals surface area (Å²) < 4.78 is 12.1. The molecule has 1 aromatic carbocycles. The minimum Gasteiger partial charge on any atom is -0.487 e. The van der Waals surface area contributed by atoms with E-state index in [0.29, 0.717) is 5.02 Å². The Labute approximate surface area is 119 Å². The molecule has 1 spiro atoms. The Bertz CT molecular complexity index is 481. The highest BCUT2D eigenvalue weighted by Gasteiger charge is 2.45. The fraction of sp³-hybridized carbons (Fsp3) is 0.600. The molecule has 0 aliphatic carbocycles. The van der Waals surface area contributed by atoms with Gasteiger partial charge in [0.15, 0.2) is 0 Å². The molecule has 3 rings (SSSR count). The molecule has 1 aromatic rings. The van der Waals surface area contributed by atoms with Crippen molar-refractivity contribution < 1.29 is 9.47 Å². The Morgan fingerprint density at radius 2 is 1.89 bits per heavy atom. The van der Waals surface area contributed by atoms with Gasteiger partial charge < -0.3 is 15.2 Å². The second-order valence-electron chi connectivity index (χ2n) is 5.94. The maximum absolute atomic E-state index is 6.33. The van der Waals surface area contributed by atoms with E-state index >= 15 is 0 Å². The van der Waals surface area contributed by atoms with E-state index in [0.717, 1.165) is 30.6 Å². The van der Waals surface area contributed by atoms with Crippen LogP contribution >= 0.6 is 11.6 Å². The number of rotatable bonds is 0. The van der Waals surface area contributed by atoms with Crippen molar-refractivity contribution in [3.8, 4) is 5.75 Å². The van der Waals surface area contributed by atoms with Crippen LogP contribution in [0.1, 0.15) is 44.7 Å². The zero-order chi connectivity index (χ0) is 13.6. The number of hydrogen-bond donors (Lipinski definition) is 1. The van der Waals surface area contributed by atoms with E-state index in [1.165, 1.54) is 0 Å². The fourth-order valence-electron chi connectivity index (χ4n) is 3.56. The Balaban J connectivity index is 1.94. The van der Waals surface area contributed by atoms with Crippen LogP contribution in [0, 0.1) is 0 Å². The molecule has 2 heterocycles. The second kappa shape index (κ2) is 4.65. The summed E-state index contributed by atoms with van der Waals surface area (Å²) in [6.07, 6.45) is 3.05. The third-order valence-corrected chi connectivity index (χ3v) is 4.31. The van der Waals surface area contributed by atoms with Gasteiger partial charge in [0.25, 0.3) is 0 Å². The van der Waals surface area contributed by atoms with Gasteiger partial charge in [0.2, 0.25) is 0 Å². The summed E-state index contributed by atoms with van der Waals surface area (Å²) in [5.41, 5.74) is 7.17. The first-order valence-electron chi connectivity index (χ1n) is 6.87. The van der Waals surface area contributed by atoms with Gasteiger partial charge in [0.1, 0.15) is 11.4 Å². The molecule has 3 atom stereocenters. The van der Waals surface area contributed by atoms with Crippen molar-refractivity contribution in [3.05, 3.63) is 28.8 Å². The fourth-order valence-corrected chi connectivity index (χ4v) is 3.74. The molecule has 0 aromatic heterocycles. The van der Waals surface area contributed by atoms with E-state index in [4.69, 9.17) is 26.8 Å². The van der Waals surface area contributed by atoms with E-state index in [-0.39, 0.29) is 23.9 Å². The van der Waals surface area contributed by atoms with E-state index < -0.39 is 0 Å². The molecule has 0 radical (unpaired) electrons. The van der Waals surface area contributed by atoms with E-state index in [1.807, 2.05) is 18.2 Å². The molecule has 19 heavy (non-hydrogen) atoms. The summed E-state index contributed by atoms with van der Waals surface area (Å²) in [6, 6.07) is 5.70. The average Bonchev–Trinajstić information content (AvgIpc) is 2.28. The van der Waals surface area contributed by atoms with Gasteiger partial charge in [-0.1, -0.05) is 11.6 Å². The van der Waals surface area contributed by atoms with Gasteiger partial charge >= 0.3 is 0 Å². The van der Waals surface area contributed by atoms with Gasteiger partial charge in [-0.05, 0) is 32.0 Å². The molecule has 0 saturated carbocycles. The largest absolute Gasteiger partial charge is 0.487 e. The highest BCUT2D eigenvalue weighted by Crippen LogP contribution is 2.45. The Kier molecular flexibility index (Phi) is 3.24. The van der Waals surface area contributed by atoms with Crippen molar-refractivity contribution in [2.45, 2.75) is 57.0 Å². The third-order valence-electron chi connectivity index (χ3n) is 4.07. The smallest absolute Gasteiger partial charge is 0.125 e. The van der Waals surface area contributed by atoms with Gasteiger partial charge in [0, 0.05) is 35.9 Å². The highest BCUT2D eigenvalue weighted by molar-refractivity contribution is 6.30. The Morgan fingerprint density at radius 1 is 1.21 bits per heavy atom. The Morgan fingerprint density at radius 3 is 2.58 bits per heavy atom. The predicted molar refractivity (Wildman–Crippen MR) is 75.6 cm³/mol. The van der Waals surface area contributed by atoms with Crippen LogP contribution in [0.3, 0.4) is 0 Å². The van der Waals surface area contributed by atoms with Crippen LogP contribution in [-0.2, 0) is 4.74 Å². The number of ether oxygens (including phenoxy) is 2. The van der Waals surface area contributed by atoms with Crippen molar-refractivity contribution in [2.75, 3.05) is 0 Å². The molecule has 3 nitrogen and oxygen atoms in total. The molecule has 3 unspecified atom stereocenters. The first kappa shape index (κ1) is 13.2. The van der Waals surface area contributed by atoms with Gasteiger partial charge in [-0.3, -0.25) is 0 Å². The molecule has 1 saturated heterocycles. The molecule has 0 amide bonds. The van der Waals surface area contributed by atoms with Gasteiger partial charge in [-0.25, -0.2) is 0 Å². The van der Waals surface area contributed by atoms with Crippen molar-refractivity contribution in [3.63, 3.8) is 0 Å². The maximum atomic E-state index is 6.33. The first-order valence-corrected chi connectivity index (χ1v) is 7.25. The van der Waals surface area contributed by atoms with Crippen LogP contribution in [-0.4, -0.2) is 17.8 Å². The zero-order valence-corrected chi connectivity index (χ0v) is 12.1. The van der Waals surface area contributed by atoms with Crippen LogP contribution in [0.25, 0.3) is 0 Å². The summed E-state index contributed by atoms with van der Waals surface area (Å²) in [6.45, 7) is 4.20. The summed E-state index contributed by atoms with van der Waals surface area (Å²) in [7, 11) is 0. The van der Waals surface area contributed by atoms with E-state index in [1.54, 1.807) is 0 Å². The minimum atomic E-state index is -0.183. The number of nitrogens with two attached hydrogens (primary N) is 1. The third kappa shape index (κ3) is 2.47. The monoisotopic (exact) mass is 281 g/mol. The highest BCUT2D eigenvalue weighted by atomic mass is 35.5. The van der Waals surface area contributed by atoms with E-state index in [2.05, 4.69) is 13.8 Å². The molecule has 0 bridgehead atoms. The van der Waals surface area contributed by atoms with Gasteiger partial charge in [-0.15, -0.1) is 0 Å². The van der Waals surface area contributed by atoms with Crippen LogP contribution in [0.4, 0.5) is 0 Å². The van der Waals surface area contributed by atoms with Crippen molar-refractivity contribution in [1.29, 1.82) is 0 Å². The summed E-state index contributed by atoms with van der Waals surface area (Å²) in [5.74, 6) is 0.879. The van der Waals surface area contributed by atoms with Crippen molar-refractivity contribution >= 4 is 11.6 Å². The average molecular weight is 282 g/mol. The summed E-state index contributed by atoms with van der Waals surface area (Å²) in [4.78, 5) is 0. The van der Waals surface area contributed by atoms with Crippen LogP contribution in [0.2, 0.25) is 5.02 Å². The molecule has 4 heteroatoms. The van der Waals surface area contributed by atoms with Crippen molar-refractivity contribution in [2.24, 2.45) is 5.73 Å². The molecule has 2 aliphatic heterocycles. The topological polar surface area (TPSA) is 44.5 Å². The molecule has 2 N–H and O–H groups in total. The number of halogens is 1. The number of fused-ring (bicyclic) bond motifs is 1. The van der Waals surface area contributed by atoms with Gasteiger partial charge in [0.05, 0.1) is 12.2 Å². The zero-order valence-electron chi connectivity index (χ0n) is 11.4. The molecular formula is C15H20ClNO2. The quantitative estimate of drug-likeness (QED) is 0.792. The molecule has 1 fully saturated rings. The standard InChI is InChI=1S/C15H20ClNO2/c1-9-6-15(7-10(2)18-9)8-13(17)12-5-11(16)3-4-14(12)19-15/h3-5,9-10,13H,6-8,17H2,1-2H3. The molecule has 2 aliphatic rings. The summed E-state index contributed by atoms with van der Waals surface area (Å²) >= 11 is 6.03. The lowest BCUT2D eigenvalue weighted by Gasteiger charge is -2.47. The first-order chi connectivity index (χ1) is 8.97.